The minimum absolute atomic E-state index is 0.220. The zero-order chi connectivity index (χ0) is 14.7. The minimum Gasteiger partial charge on any atom is -0.454 e. The average Bonchev–Trinajstić information content (AvgIpc) is 3.00. The van der Waals surface area contributed by atoms with Crippen molar-refractivity contribution in [3.8, 4) is 11.5 Å². The molecule has 2 heterocycles. The van der Waals surface area contributed by atoms with Gasteiger partial charge < -0.3 is 9.47 Å². The highest BCUT2D eigenvalue weighted by molar-refractivity contribution is 5.94. The number of hydrogen-bond donors (Lipinski definition) is 2. The van der Waals surface area contributed by atoms with Gasteiger partial charge in [0.25, 0.3) is 5.91 Å². The van der Waals surface area contributed by atoms with Gasteiger partial charge in [0.1, 0.15) is 0 Å². The van der Waals surface area contributed by atoms with E-state index in [1.807, 2.05) is 6.07 Å². The van der Waals surface area contributed by atoms with E-state index in [2.05, 4.69) is 22.4 Å². The standard InChI is InChI=1S/C15H13N3O3/c1-10(12-2-3-13-14(8-12)21-9-20-13)17-18-15(19)11-4-6-16-7-5-11/h2-8,17H,1,9H2,(H,18,19). The average molecular weight is 283 g/mol. The van der Waals surface area contributed by atoms with Crippen molar-refractivity contribution in [2.45, 2.75) is 0 Å². The molecule has 3 rings (SSSR count). The van der Waals surface area contributed by atoms with Crippen LogP contribution in [0.2, 0.25) is 0 Å². The van der Waals surface area contributed by atoms with Crippen molar-refractivity contribution < 1.29 is 14.3 Å². The summed E-state index contributed by atoms with van der Waals surface area (Å²) in [6, 6.07) is 8.69. The van der Waals surface area contributed by atoms with Crippen molar-refractivity contribution in [1.82, 2.24) is 15.8 Å². The molecule has 1 aromatic heterocycles. The van der Waals surface area contributed by atoms with Crippen molar-refractivity contribution in [3.05, 3.63) is 60.4 Å². The molecular formula is C15H13N3O3. The number of pyridine rings is 1. The molecular weight excluding hydrogens is 270 g/mol. The lowest BCUT2D eigenvalue weighted by atomic mass is 10.1. The molecule has 21 heavy (non-hydrogen) atoms. The molecule has 0 aliphatic carbocycles. The summed E-state index contributed by atoms with van der Waals surface area (Å²) in [6.45, 7) is 4.10. The van der Waals surface area contributed by atoms with E-state index >= 15 is 0 Å². The summed E-state index contributed by atoms with van der Waals surface area (Å²) in [7, 11) is 0. The van der Waals surface area contributed by atoms with Gasteiger partial charge in [-0.1, -0.05) is 6.58 Å². The van der Waals surface area contributed by atoms with Crippen LogP contribution in [-0.4, -0.2) is 17.7 Å². The third-order valence-electron chi connectivity index (χ3n) is 2.99. The second kappa shape index (κ2) is 5.54. The quantitative estimate of drug-likeness (QED) is 0.836. The second-order valence-corrected chi connectivity index (χ2v) is 4.36. The van der Waals surface area contributed by atoms with Crippen LogP contribution < -0.4 is 20.3 Å². The number of carbonyl (C=O) groups excluding carboxylic acids is 1. The van der Waals surface area contributed by atoms with Crippen LogP contribution in [0, 0.1) is 0 Å². The SMILES string of the molecule is C=C(NNC(=O)c1ccncc1)c1ccc2c(c1)OCO2. The van der Waals surface area contributed by atoms with Gasteiger partial charge in [-0.2, -0.15) is 0 Å². The normalized spacial score (nSPS) is 11.8. The highest BCUT2D eigenvalue weighted by Crippen LogP contribution is 2.33. The number of ether oxygens (including phenoxy) is 2. The van der Waals surface area contributed by atoms with E-state index in [-0.39, 0.29) is 12.7 Å². The van der Waals surface area contributed by atoms with Crippen LogP contribution in [0.1, 0.15) is 15.9 Å². The number of nitrogens with zero attached hydrogens (tertiary/aromatic N) is 1. The highest BCUT2D eigenvalue weighted by Gasteiger charge is 2.14. The Balaban J connectivity index is 1.63. The van der Waals surface area contributed by atoms with Gasteiger partial charge in [-0.05, 0) is 30.3 Å². The molecule has 1 aromatic carbocycles. The molecule has 0 spiro atoms. The Hall–Kier alpha value is -3.02. The predicted octanol–water partition coefficient (Wildman–Crippen LogP) is 1.72. The molecule has 0 atom stereocenters. The van der Waals surface area contributed by atoms with Crippen molar-refractivity contribution in [1.29, 1.82) is 0 Å². The van der Waals surface area contributed by atoms with E-state index in [1.54, 1.807) is 36.7 Å². The van der Waals surface area contributed by atoms with Crippen molar-refractivity contribution in [2.75, 3.05) is 6.79 Å². The molecule has 106 valence electrons. The van der Waals surface area contributed by atoms with E-state index in [1.165, 1.54) is 0 Å². The number of rotatable bonds is 4. The third kappa shape index (κ3) is 2.79. The third-order valence-corrected chi connectivity index (χ3v) is 2.99. The van der Waals surface area contributed by atoms with Crippen LogP contribution in [0.3, 0.4) is 0 Å². The second-order valence-electron chi connectivity index (χ2n) is 4.36. The summed E-state index contributed by atoms with van der Waals surface area (Å²) in [5.41, 5.74) is 7.22. The van der Waals surface area contributed by atoms with E-state index in [9.17, 15) is 4.79 Å². The summed E-state index contributed by atoms with van der Waals surface area (Å²) >= 11 is 0. The lowest BCUT2D eigenvalue weighted by Crippen LogP contribution is -2.35. The van der Waals surface area contributed by atoms with Gasteiger partial charge in [0.15, 0.2) is 11.5 Å². The molecule has 6 heteroatoms. The van der Waals surface area contributed by atoms with Crippen LogP contribution in [-0.2, 0) is 0 Å². The first-order chi connectivity index (χ1) is 10.2. The van der Waals surface area contributed by atoms with Gasteiger partial charge >= 0.3 is 0 Å². The maximum absolute atomic E-state index is 11.9. The van der Waals surface area contributed by atoms with Crippen molar-refractivity contribution >= 4 is 11.6 Å². The maximum Gasteiger partial charge on any atom is 0.269 e. The number of fused-ring (bicyclic) bond motifs is 1. The largest absolute Gasteiger partial charge is 0.454 e. The molecule has 1 aliphatic heterocycles. The maximum atomic E-state index is 11.9. The lowest BCUT2D eigenvalue weighted by Gasteiger charge is -2.11. The van der Waals surface area contributed by atoms with Crippen molar-refractivity contribution in [2.24, 2.45) is 0 Å². The summed E-state index contributed by atoms with van der Waals surface area (Å²) in [4.78, 5) is 15.7. The number of carbonyl (C=O) groups is 1. The Kier molecular flexibility index (Phi) is 3.42. The number of nitrogens with one attached hydrogen (secondary N) is 2. The van der Waals surface area contributed by atoms with E-state index in [0.29, 0.717) is 22.8 Å². The number of benzene rings is 1. The van der Waals surface area contributed by atoms with Gasteiger partial charge in [0, 0.05) is 23.5 Å². The summed E-state index contributed by atoms with van der Waals surface area (Å²) in [5, 5.41) is 0. The molecule has 0 bridgehead atoms. The number of amides is 1. The molecule has 6 nitrogen and oxygen atoms in total. The Morgan fingerprint density at radius 2 is 1.81 bits per heavy atom. The molecule has 1 aliphatic rings. The van der Waals surface area contributed by atoms with Gasteiger partial charge in [0.05, 0.1) is 5.70 Å². The lowest BCUT2D eigenvalue weighted by molar-refractivity contribution is 0.0942. The molecule has 2 N–H and O–H groups in total. The fourth-order valence-corrected chi connectivity index (χ4v) is 1.86. The van der Waals surface area contributed by atoms with Crippen molar-refractivity contribution in [3.63, 3.8) is 0 Å². The number of hydrazine groups is 1. The monoisotopic (exact) mass is 283 g/mol. The number of hydrogen-bond acceptors (Lipinski definition) is 5. The van der Waals surface area contributed by atoms with Crippen LogP contribution >= 0.6 is 0 Å². The molecule has 0 fully saturated rings. The van der Waals surface area contributed by atoms with E-state index in [4.69, 9.17) is 9.47 Å². The zero-order valence-corrected chi connectivity index (χ0v) is 11.1. The fourth-order valence-electron chi connectivity index (χ4n) is 1.86. The minimum atomic E-state index is -0.265. The Labute approximate surface area is 121 Å². The topological polar surface area (TPSA) is 72.5 Å². The van der Waals surface area contributed by atoms with Gasteiger partial charge in [-0.25, -0.2) is 0 Å². The molecule has 0 saturated carbocycles. The van der Waals surface area contributed by atoms with Gasteiger partial charge in [-0.3, -0.25) is 20.6 Å². The molecule has 0 unspecified atom stereocenters. The summed E-state index contributed by atoms with van der Waals surface area (Å²) in [6.07, 6.45) is 3.11. The van der Waals surface area contributed by atoms with Crippen LogP contribution in [0.4, 0.5) is 0 Å². The van der Waals surface area contributed by atoms with Crippen LogP contribution in [0.15, 0.2) is 49.3 Å². The molecule has 2 aromatic rings. The number of aromatic nitrogens is 1. The van der Waals surface area contributed by atoms with Crippen LogP contribution in [0.25, 0.3) is 5.70 Å². The fraction of sp³-hybridized carbons (Fsp3) is 0.0667. The first kappa shape index (κ1) is 13.0. The Bertz CT molecular complexity index is 686. The smallest absolute Gasteiger partial charge is 0.269 e. The summed E-state index contributed by atoms with van der Waals surface area (Å²) < 4.78 is 10.5. The Morgan fingerprint density at radius 1 is 1.05 bits per heavy atom. The zero-order valence-electron chi connectivity index (χ0n) is 11.1. The van der Waals surface area contributed by atoms with Gasteiger partial charge in [-0.15, -0.1) is 0 Å². The Morgan fingerprint density at radius 3 is 2.62 bits per heavy atom. The molecule has 0 saturated heterocycles. The predicted molar refractivity (Wildman–Crippen MR) is 76.4 cm³/mol. The van der Waals surface area contributed by atoms with E-state index < -0.39 is 0 Å². The molecule has 1 amide bonds. The van der Waals surface area contributed by atoms with Crippen LogP contribution in [0.5, 0.6) is 11.5 Å². The summed E-state index contributed by atoms with van der Waals surface area (Å²) in [5.74, 6) is 1.10. The first-order valence-corrected chi connectivity index (χ1v) is 6.29. The van der Waals surface area contributed by atoms with Gasteiger partial charge in [0.2, 0.25) is 6.79 Å². The highest BCUT2D eigenvalue weighted by atomic mass is 16.7. The van der Waals surface area contributed by atoms with E-state index in [0.717, 1.165) is 5.56 Å². The molecule has 0 radical (unpaired) electrons. The first-order valence-electron chi connectivity index (χ1n) is 6.29.